The van der Waals surface area contributed by atoms with Gasteiger partial charge >= 0.3 is 0 Å². The number of hydrogen-bond acceptors (Lipinski definition) is 5. The van der Waals surface area contributed by atoms with Crippen molar-refractivity contribution in [2.24, 2.45) is 0 Å². The summed E-state index contributed by atoms with van der Waals surface area (Å²) in [5, 5.41) is 9.64. The van der Waals surface area contributed by atoms with Crippen LogP contribution in [-0.2, 0) is 0 Å². The van der Waals surface area contributed by atoms with E-state index in [-0.39, 0.29) is 11.6 Å². The molecule has 0 radical (unpaired) electrons. The van der Waals surface area contributed by atoms with Crippen molar-refractivity contribution in [1.82, 2.24) is 9.97 Å². The number of aliphatic hydroxyl groups excluding tert-OH is 1. The highest BCUT2D eigenvalue weighted by Crippen LogP contribution is 2.25. The first-order chi connectivity index (χ1) is 8.77. The first-order valence-electron chi connectivity index (χ1n) is 6.80. The number of aryl methyl sites for hydroxylation is 1. The van der Waals surface area contributed by atoms with E-state index in [1.165, 1.54) is 0 Å². The molecule has 1 aliphatic heterocycles. The Labute approximate surface area is 115 Å². The second kappa shape index (κ2) is 4.96. The molecular weight excluding hydrogens is 240 g/mol. The van der Waals surface area contributed by atoms with Crippen LogP contribution in [0.2, 0.25) is 0 Å². The lowest BCUT2D eigenvalue weighted by Gasteiger charge is -2.33. The van der Waals surface area contributed by atoms with Gasteiger partial charge in [0.25, 0.3) is 0 Å². The third-order valence-electron chi connectivity index (χ3n) is 3.65. The van der Waals surface area contributed by atoms with Crippen LogP contribution in [0, 0.1) is 6.92 Å². The van der Waals surface area contributed by atoms with E-state index in [9.17, 15) is 5.11 Å². The minimum Gasteiger partial charge on any atom is -0.391 e. The molecule has 5 heteroatoms. The van der Waals surface area contributed by atoms with E-state index in [0.717, 1.165) is 30.4 Å². The van der Waals surface area contributed by atoms with Crippen LogP contribution in [-0.4, -0.2) is 46.9 Å². The molecule has 1 aliphatic rings. The Balaban J connectivity index is 2.30. The molecule has 1 aromatic heterocycles. The van der Waals surface area contributed by atoms with Gasteiger partial charge in [-0.1, -0.05) is 0 Å². The van der Waals surface area contributed by atoms with Crippen molar-refractivity contribution in [3.8, 4) is 0 Å². The van der Waals surface area contributed by atoms with Crippen molar-refractivity contribution in [3.63, 3.8) is 0 Å². The Kier molecular flexibility index (Phi) is 3.67. The molecule has 0 spiro atoms. The van der Waals surface area contributed by atoms with E-state index in [1.54, 1.807) is 0 Å². The van der Waals surface area contributed by atoms with E-state index >= 15 is 0 Å². The quantitative estimate of drug-likeness (QED) is 0.879. The number of β-amino-alcohol motifs (C(OH)–C–C–N with tert-alkyl or cyclic N) is 1. The molecule has 2 rings (SSSR count). The van der Waals surface area contributed by atoms with Crippen molar-refractivity contribution in [2.45, 2.75) is 45.8 Å². The van der Waals surface area contributed by atoms with E-state index in [1.807, 2.05) is 20.0 Å². The Morgan fingerprint density at radius 3 is 2.58 bits per heavy atom. The normalized spacial score (nSPS) is 19.9. The highest BCUT2D eigenvalue weighted by molar-refractivity contribution is 5.52. The molecule has 1 saturated heterocycles. The van der Waals surface area contributed by atoms with Crippen molar-refractivity contribution in [1.29, 1.82) is 0 Å². The zero-order valence-corrected chi connectivity index (χ0v) is 12.5. The van der Waals surface area contributed by atoms with Gasteiger partial charge in [0.15, 0.2) is 0 Å². The zero-order valence-electron chi connectivity index (χ0n) is 12.5. The molecule has 1 N–H and O–H groups in total. The fraction of sp³-hybridized carbons (Fsp3) is 0.714. The average Bonchev–Trinajstić information content (AvgIpc) is 2.73. The van der Waals surface area contributed by atoms with E-state index < -0.39 is 0 Å². The first-order valence-corrected chi connectivity index (χ1v) is 6.80. The average molecular weight is 264 g/mol. The first kappa shape index (κ1) is 14.1. The van der Waals surface area contributed by atoms with Gasteiger partial charge < -0.3 is 14.9 Å². The number of nitrogens with zero attached hydrogens (tertiary/aromatic N) is 4. The summed E-state index contributed by atoms with van der Waals surface area (Å²) in [4.78, 5) is 13.3. The Bertz CT molecular complexity index is 455. The van der Waals surface area contributed by atoms with Crippen molar-refractivity contribution < 1.29 is 5.11 Å². The lowest BCUT2D eigenvalue weighted by molar-refractivity contribution is 0.198. The predicted octanol–water partition coefficient (Wildman–Crippen LogP) is 1.59. The lowest BCUT2D eigenvalue weighted by atomic mass is 10.1. The van der Waals surface area contributed by atoms with E-state index in [0.29, 0.717) is 6.54 Å². The van der Waals surface area contributed by atoms with Crippen LogP contribution in [0.4, 0.5) is 11.6 Å². The van der Waals surface area contributed by atoms with Crippen molar-refractivity contribution in [3.05, 3.63) is 11.9 Å². The smallest absolute Gasteiger partial charge is 0.134 e. The molecule has 19 heavy (non-hydrogen) atoms. The number of rotatable bonds is 2. The summed E-state index contributed by atoms with van der Waals surface area (Å²) in [6.07, 6.45) is 0.576. The molecule has 0 saturated carbocycles. The third-order valence-corrected chi connectivity index (χ3v) is 3.65. The molecule has 1 aromatic rings. The summed E-state index contributed by atoms with van der Waals surface area (Å²) < 4.78 is 0. The van der Waals surface area contributed by atoms with E-state index in [2.05, 4.69) is 40.5 Å². The fourth-order valence-electron chi connectivity index (χ4n) is 2.16. The Morgan fingerprint density at radius 1 is 1.37 bits per heavy atom. The minimum absolute atomic E-state index is 0.0165. The molecule has 1 fully saturated rings. The molecule has 0 bridgehead atoms. The molecule has 5 nitrogen and oxygen atoms in total. The van der Waals surface area contributed by atoms with Gasteiger partial charge in [-0.3, -0.25) is 0 Å². The second-order valence-electron chi connectivity index (χ2n) is 6.25. The molecule has 0 aliphatic carbocycles. The molecule has 0 aromatic carbocycles. The van der Waals surface area contributed by atoms with E-state index in [4.69, 9.17) is 0 Å². The molecular formula is C14H24N4O. The van der Waals surface area contributed by atoms with Gasteiger partial charge in [-0.05, 0) is 34.1 Å². The van der Waals surface area contributed by atoms with Gasteiger partial charge in [0, 0.05) is 31.7 Å². The zero-order chi connectivity index (χ0) is 14.2. The van der Waals surface area contributed by atoms with Gasteiger partial charge in [0.05, 0.1) is 6.10 Å². The third kappa shape index (κ3) is 3.15. The maximum atomic E-state index is 9.64. The van der Waals surface area contributed by atoms with Crippen LogP contribution < -0.4 is 9.80 Å². The monoisotopic (exact) mass is 264 g/mol. The van der Waals surface area contributed by atoms with Crippen LogP contribution >= 0.6 is 0 Å². The summed E-state index contributed by atoms with van der Waals surface area (Å²) in [5.74, 6) is 2.61. The molecule has 106 valence electrons. The highest BCUT2D eigenvalue weighted by Gasteiger charge is 2.24. The Morgan fingerprint density at radius 2 is 2.05 bits per heavy atom. The van der Waals surface area contributed by atoms with Crippen molar-refractivity contribution >= 4 is 11.6 Å². The predicted molar refractivity (Wildman–Crippen MR) is 77.8 cm³/mol. The minimum atomic E-state index is -0.237. The van der Waals surface area contributed by atoms with Crippen LogP contribution in [0.1, 0.15) is 33.0 Å². The van der Waals surface area contributed by atoms with Crippen LogP contribution in [0.3, 0.4) is 0 Å². The highest BCUT2D eigenvalue weighted by atomic mass is 16.3. The summed E-state index contributed by atoms with van der Waals surface area (Å²) in [5.41, 5.74) is 0.0165. The van der Waals surface area contributed by atoms with Gasteiger partial charge in [-0.2, -0.15) is 0 Å². The standard InChI is InChI=1S/C14H24N4O/c1-10-15-12(17(5)14(2,3)4)8-13(16-10)18-7-6-11(19)9-18/h8,11,19H,6-7,9H2,1-5H3. The summed E-state index contributed by atoms with van der Waals surface area (Å²) in [7, 11) is 2.05. The maximum absolute atomic E-state index is 9.64. The van der Waals surface area contributed by atoms with Gasteiger partial charge in [0.1, 0.15) is 17.5 Å². The number of aliphatic hydroxyl groups is 1. The number of hydrogen-bond donors (Lipinski definition) is 1. The topological polar surface area (TPSA) is 52.5 Å². The largest absolute Gasteiger partial charge is 0.391 e. The van der Waals surface area contributed by atoms with Crippen LogP contribution in [0.25, 0.3) is 0 Å². The van der Waals surface area contributed by atoms with Gasteiger partial charge in [-0.25, -0.2) is 9.97 Å². The fourth-order valence-corrected chi connectivity index (χ4v) is 2.16. The van der Waals surface area contributed by atoms with Crippen molar-refractivity contribution in [2.75, 3.05) is 29.9 Å². The molecule has 0 amide bonds. The van der Waals surface area contributed by atoms with Gasteiger partial charge in [-0.15, -0.1) is 0 Å². The number of anilines is 2. The second-order valence-corrected chi connectivity index (χ2v) is 6.25. The molecule has 1 unspecified atom stereocenters. The Hall–Kier alpha value is -1.36. The van der Waals surface area contributed by atoms with Crippen LogP contribution in [0.5, 0.6) is 0 Å². The summed E-state index contributed by atoms with van der Waals surface area (Å²) >= 11 is 0. The molecule has 2 heterocycles. The summed E-state index contributed by atoms with van der Waals surface area (Å²) in [6, 6.07) is 2.01. The van der Waals surface area contributed by atoms with Gasteiger partial charge in [0.2, 0.25) is 0 Å². The lowest BCUT2D eigenvalue weighted by Crippen LogP contribution is -2.39. The number of aromatic nitrogens is 2. The SMILES string of the molecule is Cc1nc(N2CCC(O)C2)cc(N(C)C(C)(C)C)n1. The maximum Gasteiger partial charge on any atom is 0.134 e. The van der Waals surface area contributed by atoms with Crippen LogP contribution in [0.15, 0.2) is 6.07 Å². The summed E-state index contributed by atoms with van der Waals surface area (Å²) in [6.45, 7) is 9.90. The molecule has 1 atom stereocenters.